The second kappa shape index (κ2) is 10.8. The fraction of sp³-hybridized carbons (Fsp3) is 0.385. The molecule has 2 aromatic carbocycles. The Morgan fingerprint density at radius 2 is 1.47 bits per heavy atom. The quantitative estimate of drug-likeness (QED) is 0.584. The van der Waals surface area contributed by atoms with E-state index in [2.05, 4.69) is 10.2 Å². The molecule has 1 N–H and O–H groups in total. The van der Waals surface area contributed by atoms with E-state index in [9.17, 15) is 19.2 Å². The van der Waals surface area contributed by atoms with Crippen LogP contribution in [0, 0.1) is 0 Å². The van der Waals surface area contributed by atoms with Crippen molar-refractivity contribution in [2.75, 3.05) is 60.0 Å². The lowest BCUT2D eigenvalue weighted by atomic mass is 9.82. The van der Waals surface area contributed by atoms with Crippen molar-refractivity contribution in [1.29, 1.82) is 0 Å². The first-order chi connectivity index (χ1) is 17.3. The molecule has 0 saturated carbocycles. The highest BCUT2D eigenvalue weighted by Gasteiger charge is 2.54. The van der Waals surface area contributed by atoms with Crippen LogP contribution in [0.2, 0.25) is 0 Å². The Hall–Kier alpha value is -3.92. The van der Waals surface area contributed by atoms with E-state index in [-0.39, 0.29) is 25.2 Å². The molecular weight excluding hydrogens is 462 g/mol. The van der Waals surface area contributed by atoms with Crippen LogP contribution in [0.4, 0.5) is 9.59 Å². The van der Waals surface area contributed by atoms with Crippen LogP contribution >= 0.6 is 0 Å². The van der Waals surface area contributed by atoms with Gasteiger partial charge in [-0.2, -0.15) is 0 Å². The maximum Gasteiger partial charge on any atom is 0.409 e. The number of urea groups is 1. The van der Waals surface area contributed by atoms with Gasteiger partial charge in [-0.15, -0.1) is 0 Å². The number of nitrogens with zero attached hydrogens (tertiary/aromatic N) is 4. The van der Waals surface area contributed by atoms with Gasteiger partial charge >= 0.3 is 12.1 Å². The van der Waals surface area contributed by atoms with E-state index in [1.54, 1.807) is 43.3 Å². The zero-order valence-electron chi connectivity index (χ0n) is 20.6. The largest absolute Gasteiger partial charge is 0.448 e. The van der Waals surface area contributed by atoms with Crippen molar-refractivity contribution in [2.24, 2.45) is 0 Å². The van der Waals surface area contributed by atoms with Gasteiger partial charge in [-0.05, 0) is 11.1 Å². The highest BCUT2D eigenvalue weighted by Crippen LogP contribution is 2.35. The Morgan fingerprint density at radius 3 is 2.00 bits per heavy atom. The van der Waals surface area contributed by atoms with Gasteiger partial charge in [0.15, 0.2) is 5.54 Å². The van der Waals surface area contributed by atoms with Crippen LogP contribution in [0.25, 0.3) is 0 Å². The van der Waals surface area contributed by atoms with Crippen molar-refractivity contribution in [2.45, 2.75) is 5.54 Å². The summed E-state index contributed by atoms with van der Waals surface area (Å²) in [5.41, 5.74) is -0.121. The summed E-state index contributed by atoms with van der Waals surface area (Å²) in [6, 6.07) is 17.5. The average Bonchev–Trinajstić information content (AvgIpc) is 3.15. The van der Waals surface area contributed by atoms with E-state index in [1.807, 2.05) is 36.4 Å². The number of hydrogen-bond acceptors (Lipinski definition) is 6. The van der Waals surface area contributed by atoms with Gasteiger partial charge in [-0.3, -0.25) is 19.4 Å². The number of rotatable bonds is 7. The first-order valence-electron chi connectivity index (χ1n) is 11.9. The number of carbonyl (C=O) groups is 4. The number of amides is 5. The minimum atomic E-state index is -1.39. The van der Waals surface area contributed by atoms with E-state index in [4.69, 9.17) is 4.74 Å². The van der Waals surface area contributed by atoms with Crippen molar-refractivity contribution in [3.05, 3.63) is 71.8 Å². The molecule has 0 radical (unpaired) electrons. The minimum Gasteiger partial charge on any atom is -0.448 e. The Morgan fingerprint density at radius 1 is 0.917 bits per heavy atom. The number of benzene rings is 2. The molecular formula is C26H31N5O5. The summed E-state index contributed by atoms with van der Waals surface area (Å²) in [6.07, 6.45) is -0.389. The Bertz CT molecular complexity index is 1060. The lowest BCUT2D eigenvalue weighted by molar-refractivity contribution is -0.139. The highest BCUT2D eigenvalue weighted by atomic mass is 16.6. The molecule has 36 heavy (non-hydrogen) atoms. The third-order valence-corrected chi connectivity index (χ3v) is 6.54. The highest BCUT2D eigenvalue weighted by molar-refractivity contribution is 6.11. The average molecular weight is 494 g/mol. The monoisotopic (exact) mass is 493 g/mol. The van der Waals surface area contributed by atoms with Crippen LogP contribution in [-0.2, 0) is 19.9 Å². The van der Waals surface area contributed by atoms with Crippen LogP contribution in [0.5, 0.6) is 0 Å². The van der Waals surface area contributed by atoms with Gasteiger partial charge in [0.2, 0.25) is 5.91 Å². The molecule has 2 aromatic rings. The first kappa shape index (κ1) is 25.2. The van der Waals surface area contributed by atoms with Crippen LogP contribution in [0.1, 0.15) is 11.1 Å². The second-order valence-corrected chi connectivity index (χ2v) is 9.03. The smallest absolute Gasteiger partial charge is 0.409 e. The van der Waals surface area contributed by atoms with E-state index in [1.165, 1.54) is 4.90 Å². The molecule has 2 saturated heterocycles. The molecule has 2 aliphatic heterocycles. The van der Waals surface area contributed by atoms with E-state index in [0.29, 0.717) is 43.9 Å². The number of carbonyl (C=O) groups excluding carboxylic acids is 4. The summed E-state index contributed by atoms with van der Waals surface area (Å²) < 4.78 is 5.16. The van der Waals surface area contributed by atoms with Crippen molar-refractivity contribution < 1.29 is 23.9 Å². The van der Waals surface area contributed by atoms with Crippen molar-refractivity contribution >= 4 is 23.9 Å². The van der Waals surface area contributed by atoms with Gasteiger partial charge < -0.3 is 19.9 Å². The lowest BCUT2D eigenvalue weighted by Crippen LogP contribution is -2.52. The number of imide groups is 1. The van der Waals surface area contributed by atoms with Gasteiger partial charge in [-0.25, -0.2) is 9.59 Å². The maximum atomic E-state index is 13.7. The van der Waals surface area contributed by atoms with Crippen molar-refractivity contribution in [3.8, 4) is 0 Å². The molecule has 0 aromatic heterocycles. The number of piperazine rings is 1. The molecule has 0 unspecified atom stereocenters. The van der Waals surface area contributed by atoms with Crippen LogP contribution in [-0.4, -0.2) is 104 Å². The molecule has 4 rings (SSSR count). The van der Waals surface area contributed by atoms with Gasteiger partial charge in [0.25, 0.3) is 5.91 Å². The Balaban J connectivity index is 1.40. The molecule has 0 bridgehead atoms. The van der Waals surface area contributed by atoms with E-state index < -0.39 is 17.5 Å². The summed E-state index contributed by atoms with van der Waals surface area (Å²) in [5.74, 6) is -0.756. The van der Waals surface area contributed by atoms with Crippen LogP contribution < -0.4 is 5.32 Å². The van der Waals surface area contributed by atoms with Crippen LogP contribution in [0.15, 0.2) is 60.7 Å². The molecule has 2 aliphatic rings. The molecule has 0 atom stereocenters. The summed E-state index contributed by atoms with van der Waals surface area (Å²) in [7, 11) is 3.25. The predicted molar refractivity (Wildman–Crippen MR) is 132 cm³/mol. The molecule has 10 nitrogen and oxygen atoms in total. The summed E-state index contributed by atoms with van der Waals surface area (Å²) in [5, 5.41) is 2.87. The van der Waals surface area contributed by atoms with Crippen LogP contribution in [0.3, 0.4) is 0 Å². The third-order valence-electron chi connectivity index (χ3n) is 6.54. The predicted octanol–water partition coefficient (Wildman–Crippen LogP) is 1.32. The van der Waals surface area contributed by atoms with E-state index in [0.717, 1.165) is 4.90 Å². The van der Waals surface area contributed by atoms with Crippen molar-refractivity contribution in [1.82, 2.24) is 24.9 Å². The molecule has 2 fully saturated rings. The fourth-order valence-electron chi connectivity index (χ4n) is 4.50. The van der Waals surface area contributed by atoms with Gasteiger partial charge in [0, 0.05) is 46.8 Å². The zero-order valence-corrected chi connectivity index (χ0v) is 20.6. The summed E-state index contributed by atoms with van der Waals surface area (Å²) in [4.78, 5) is 57.5. The van der Waals surface area contributed by atoms with Gasteiger partial charge in [0.1, 0.15) is 13.2 Å². The first-order valence-corrected chi connectivity index (χ1v) is 11.9. The topological polar surface area (TPSA) is 102 Å². The SMILES string of the molecule is CN(C)C(=O)OCCN1CCN(C(=O)CN2C(=O)NC(c3ccccc3)(c3ccccc3)C2=O)CC1. The number of hydrogen-bond donors (Lipinski definition) is 1. The zero-order chi connectivity index (χ0) is 25.7. The lowest BCUT2D eigenvalue weighted by Gasteiger charge is -2.35. The maximum absolute atomic E-state index is 13.7. The van der Waals surface area contributed by atoms with Gasteiger partial charge in [0.05, 0.1) is 0 Å². The Kier molecular flexibility index (Phi) is 7.54. The standard InChI is InChI=1S/C26H31N5O5/c1-28(2)25(35)36-18-17-29-13-15-30(16-14-29)22(32)19-31-23(33)26(27-24(31)34,20-9-5-3-6-10-20)21-11-7-4-8-12-21/h3-12H,13-19H2,1-2H3,(H,27,34). The third kappa shape index (κ3) is 5.03. The molecule has 0 spiro atoms. The second-order valence-electron chi connectivity index (χ2n) is 9.03. The molecule has 5 amide bonds. The summed E-state index contributed by atoms with van der Waals surface area (Å²) in [6.45, 7) is 2.68. The fourth-order valence-corrected chi connectivity index (χ4v) is 4.50. The Labute approximate surface area is 210 Å². The normalized spacial score (nSPS) is 17.6. The van der Waals surface area contributed by atoms with Gasteiger partial charge in [-0.1, -0.05) is 60.7 Å². The minimum absolute atomic E-state index is 0.272. The number of nitrogens with one attached hydrogen (secondary N) is 1. The molecule has 0 aliphatic carbocycles. The summed E-state index contributed by atoms with van der Waals surface area (Å²) >= 11 is 0. The molecule has 2 heterocycles. The number of ether oxygens (including phenoxy) is 1. The van der Waals surface area contributed by atoms with Crippen molar-refractivity contribution in [3.63, 3.8) is 0 Å². The van der Waals surface area contributed by atoms with E-state index >= 15 is 0 Å². The molecule has 10 heteroatoms. The molecule has 190 valence electrons.